The maximum atomic E-state index is 11.7. The first-order chi connectivity index (χ1) is 6.38. The normalized spacial score (nSPS) is 17.4. The van der Waals surface area contributed by atoms with Crippen LogP contribution >= 0.6 is 11.5 Å². The van der Waals surface area contributed by atoms with Crippen molar-refractivity contribution in [3.05, 3.63) is 11.1 Å². The molecule has 2 heterocycles. The summed E-state index contributed by atoms with van der Waals surface area (Å²) in [6.45, 7) is 1.77. The van der Waals surface area contributed by atoms with Crippen molar-refractivity contribution in [1.82, 2.24) is 14.5 Å². The Morgan fingerprint density at radius 2 is 2.15 bits per heavy atom. The van der Waals surface area contributed by atoms with Gasteiger partial charge in [0.15, 0.2) is 0 Å². The van der Waals surface area contributed by atoms with Crippen LogP contribution in [0.5, 0.6) is 0 Å². The van der Waals surface area contributed by atoms with Gasteiger partial charge in [0, 0.05) is 13.1 Å². The van der Waals surface area contributed by atoms with Crippen molar-refractivity contribution in [1.29, 1.82) is 0 Å². The third-order valence-electron chi connectivity index (χ3n) is 2.22. The van der Waals surface area contributed by atoms with Crippen LogP contribution < -0.4 is 0 Å². The predicted octanol–water partition coefficient (Wildman–Crippen LogP) is 1.16. The lowest BCUT2D eigenvalue weighted by Crippen LogP contribution is -2.35. The van der Waals surface area contributed by atoms with Gasteiger partial charge in [0.2, 0.25) is 0 Å². The number of likely N-dealkylation sites (tertiary alicyclic amines) is 1. The summed E-state index contributed by atoms with van der Waals surface area (Å²) in [5.74, 6) is 0.0923. The Bertz CT molecular complexity index is 280. The van der Waals surface area contributed by atoms with Gasteiger partial charge in [-0.05, 0) is 30.8 Å². The molecule has 0 N–H and O–H groups in total. The number of aromatic nitrogens is 2. The van der Waals surface area contributed by atoms with Crippen LogP contribution in [0, 0.1) is 0 Å². The molecule has 0 bridgehead atoms. The number of rotatable bonds is 1. The minimum atomic E-state index is 0.0923. The Kier molecular flexibility index (Phi) is 2.54. The first kappa shape index (κ1) is 8.62. The molecule has 0 unspecified atom stereocenters. The maximum absolute atomic E-state index is 11.7. The quantitative estimate of drug-likeness (QED) is 0.678. The van der Waals surface area contributed by atoms with Gasteiger partial charge in [0.1, 0.15) is 4.88 Å². The summed E-state index contributed by atoms with van der Waals surface area (Å²) in [4.78, 5) is 14.3. The largest absolute Gasteiger partial charge is 0.338 e. The molecule has 1 saturated heterocycles. The van der Waals surface area contributed by atoms with Gasteiger partial charge in [0.05, 0.1) is 6.20 Å². The van der Waals surface area contributed by atoms with E-state index in [1.54, 1.807) is 6.20 Å². The van der Waals surface area contributed by atoms with Crippen molar-refractivity contribution >= 4 is 17.4 Å². The van der Waals surface area contributed by atoms with Gasteiger partial charge in [-0.15, -0.1) is 5.10 Å². The number of carbonyl (C=O) groups is 1. The van der Waals surface area contributed by atoms with E-state index in [1.807, 2.05) is 4.90 Å². The molecule has 4 nitrogen and oxygen atoms in total. The third-order valence-corrected chi connectivity index (χ3v) is 2.87. The molecule has 0 aromatic carbocycles. The van der Waals surface area contributed by atoms with E-state index in [0.717, 1.165) is 25.9 Å². The summed E-state index contributed by atoms with van der Waals surface area (Å²) in [6, 6.07) is 0. The molecule has 5 heteroatoms. The minimum absolute atomic E-state index is 0.0923. The van der Waals surface area contributed by atoms with Crippen LogP contribution in [0.15, 0.2) is 6.20 Å². The molecule has 2 rings (SSSR count). The van der Waals surface area contributed by atoms with Crippen molar-refractivity contribution in [3.63, 3.8) is 0 Å². The highest BCUT2D eigenvalue weighted by Crippen LogP contribution is 2.13. The standard InChI is InChI=1S/C8H11N3OS/c12-8(7-6-9-10-13-7)11-4-2-1-3-5-11/h6H,1-5H2. The number of hydrogen-bond acceptors (Lipinski definition) is 4. The van der Waals surface area contributed by atoms with Crippen molar-refractivity contribution in [2.75, 3.05) is 13.1 Å². The van der Waals surface area contributed by atoms with Crippen LogP contribution in [0.4, 0.5) is 0 Å². The second kappa shape index (κ2) is 3.83. The SMILES string of the molecule is O=C(c1cnns1)N1CCCCC1. The molecule has 1 aliphatic heterocycles. The summed E-state index contributed by atoms with van der Waals surface area (Å²) >= 11 is 1.17. The number of piperidine rings is 1. The molecule has 0 atom stereocenters. The van der Waals surface area contributed by atoms with E-state index >= 15 is 0 Å². The zero-order valence-electron chi connectivity index (χ0n) is 7.27. The molecule has 1 aromatic heterocycles. The highest BCUT2D eigenvalue weighted by molar-refractivity contribution is 7.07. The van der Waals surface area contributed by atoms with E-state index in [2.05, 4.69) is 9.59 Å². The van der Waals surface area contributed by atoms with Gasteiger partial charge >= 0.3 is 0 Å². The fourth-order valence-corrected chi connectivity index (χ4v) is 2.00. The molecule has 0 spiro atoms. The number of hydrogen-bond donors (Lipinski definition) is 0. The Hall–Kier alpha value is -0.970. The monoisotopic (exact) mass is 197 g/mol. The van der Waals surface area contributed by atoms with Gasteiger partial charge in [-0.25, -0.2) is 0 Å². The Morgan fingerprint density at radius 3 is 2.77 bits per heavy atom. The second-order valence-corrected chi connectivity index (χ2v) is 3.92. The third kappa shape index (κ3) is 1.85. The topological polar surface area (TPSA) is 46.1 Å². The molecule has 1 aliphatic rings. The van der Waals surface area contributed by atoms with E-state index < -0.39 is 0 Å². The van der Waals surface area contributed by atoms with Crippen LogP contribution in [0.3, 0.4) is 0 Å². The Labute approximate surface area is 80.7 Å². The van der Waals surface area contributed by atoms with Crippen molar-refractivity contribution in [2.24, 2.45) is 0 Å². The lowest BCUT2D eigenvalue weighted by atomic mass is 10.1. The Morgan fingerprint density at radius 1 is 1.38 bits per heavy atom. The van der Waals surface area contributed by atoms with E-state index in [0.29, 0.717) is 4.88 Å². The zero-order valence-corrected chi connectivity index (χ0v) is 8.09. The van der Waals surface area contributed by atoms with Crippen LogP contribution in [0.25, 0.3) is 0 Å². The maximum Gasteiger partial charge on any atom is 0.267 e. The highest BCUT2D eigenvalue weighted by Gasteiger charge is 2.19. The minimum Gasteiger partial charge on any atom is -0.338 e. The average molecular weight is 197 g/mol. The first-order valence-electron chi connectivity index (χ1n) is 4.44. The van der Waals surface area contributed by atoms with Gasteiger partial charge in [0.25, 0.3) is 5.91 Å². The second-order valence-electron chi connectivity index (χ2n) is 3.13. The molecule has 70 valence electrons. The lowest BCUT2D eigenvalue weighted by molar-refractivity contribution is 0.0729. The average Bonchev–Trinajstić information content (AvgIpc) is 2.71. The van der Waals surface area contributed by atoms with E-state index in [9.17, 15) is 4.79 Å². The van der Waals surface area contributed by atoms with E-state index in [-0.39, 0.29) is 5.91 Å². The van der Waals surface area contributed by atoms with Gasteiger partial charge in [-0.2, -0.15) is 0 Å². The fraction of sp³-hybridized carbons (Fsp3) is 0.625. The van der Waals surface area contributed by atoms with Gasteiger partial charge in [-0.1, -0.05) is 4.49 Å². The molecule has 0 aliphatic carbocycles. The zero-order chi connectivity index (χ0) is 9.10. The summed E-state index contributed by atoms with van der Waals surface area (Å²) < 4.78 is 3.68. The molecule has 1 aromatic rings. The smallest absolute Gasteiger partial charge is 0.267 e. The Balaban J connectivity index is 2.04. The number of amides is 1. The first-order valence-corrected chi connectivity index (χ1v) is 5.22. The number of nitrogens with zero attached hydrogens (tertiary/aromatic N) is 3. The predicted molar refractivity (Wildman–Crippen MR) is 49.7 cm³/mol. The molecular weight excluding hydrogens is 186 g/mol. The van der Waals surface area contributed by atoms with Crippen LogP contribution in [0.2, 0.25) is 0 Å². The molecule has 0 radical (unpaired) electrons. The van der Waals surface area contributed by atoms with Crippen LogP contribution in [-0.4, -0.2) is 33.5 Å². The highest BCUT2D eigenvalue weighted by atomic mass is 32.1. The van der Waals surface area contributed by atoms with Gasteiger partial charge in [-0.3, -0.25) is 4.79 Å². The molecule has 0 saturated carbocycles. The molecule has 13 heavy (non-hydrogen) atoms. The summed E-state index contributed by atoms with van der Waals surface area (Å²) in [6.07, 6.45) is 5.03. The van der Waals surface area contributed by atoms with E-state index in [1.165, 1.54) is 18.0 Å². The lowest BCUT2D eigenvalue weighted by Gasteiger charge is -2.25. The van der Waals surface area contributed by atoms with Crippen LogP contribution in [0.1, 0.15) is 28.9 Å². The van der Waals surface area contributed by atoms with Gasteiger partial charge < -0.3 is 4.90 Å². The van der Waals surface area contributed by atoms with Crippen molar-refractivity contribution < 1.29 is 4.79 Å². The molecule has 1 amide bonds. The molecular formula is C8H11N3OS. The summed E-state index contributed by atoms with van der Waals surface area (Å²) in [5.41, 5.74) is 0. The molecule has 1 fully saturated rings. The number of carbonyl (C=O) groups excluding carboxylic acids is 1. The summed E-state index contributed by atoms with van der Waals surface area (Å²) in [7, 11) is 0. The van der Waals surface area contributed by atoms with Crippen molar-refractivity contribution in [3.8, 4) is 0 Å². The van der Waals surface area contributed by atoms with Crippen LogP contribution in [-0.2, 0) is 0 Å². The summed E-state index contributed by atoms with van der Waals surface area (Å²) in [5, 5.41) is 3.66. The fourth-order valence-electron chi connectivity index (χ4n) is 1.51. The van der Waals surface area contributed by atoms with E-state index in [4.69, 9.17) is 0 Å². The van der Waals surface area contributed by atoms with Crippen molar-refractivity contribution in [2.45, 2.75) is 19.3 Å².